The van der Waals surface area contributed by atoms with E-state index >= 15 is 0 Å². The summed E-state index contributed by atoms with van der Waals surface area (Å²) in [6, 6.07) is -0.907. The maximum absolute atomic E-state index is 12.4. The first-order valence-corrected chi connectivity index (χ1v) is 9.28. The van der Waals surface area contributed by atoms with Crippen molar-refractivity contribution in [2.24, 2.45) is 23.7 Å². The van der Waals surface area contributed by atoms with Gasteiger partial charge in [-0.1, -0.05) is 12.8 Å². The van der Waals surface area contributed by atoms with E-state index in [9.17, 15) is 19.5 Å². The normalized spacial score (nSPS) is 33.4. The van der Waals surface area contributed by atoms with Gasteiger partial charge >= 0.3 is 5.97 Å². The Labute approximate surface area is 142 Å². The van der Waals surface area contributed by atoms with Crippen molar-refractivity contribution in [1.29, 1.82) is 0 Å². The second-order valence-corrected chi connectivity index (χ2v) is 7.88. The van der Waals surface area contributed by atoms with Crippen LogP contribution in [0.3, 0.4) is 0 Å². The third-order valence-electron chi connectivity index (χ3n) is 6.23. The lowest BCUT2D eigenvalue weighted by atomic mass is 9.84. The number of rotatable bonds is 6. The van der Waals surface area contributed by atoms with E-state index in [1.54, 1.807) is 6.92 Å². The number of hydrogen-bond donors (Lipinski definition) is 3. The number of carboxylic acid groups (broad SMARTS) is 1. The van der Waals surface area contributed by atoms with Gasteiger partial charge in [-0.15, -0.1) is 0 Å². The minimum Gasteiger partial charge on any atom is -0.481 e. The molecule has 3 N–H and O–H groups in total. The van der Waals surface area contributed by atoms with Crippen LogP contribution >= 0.6 is 0 Å². The van der Waals surface area contributed by atoms with Crippen LogP contribution in [0.15, 0.2) is 0 Å². The van der Waals surface area contributed by atoms with Crippen LogP contribution in [-0.4, -0.2) is 35.0 Å². The molecule has 0 aliphatic heterocycles. The van der Waals surface area contributed by atoms with Crippen molar-refractivity contribution in [2.45, 2.75) is 70.4 Å². The first kappa shape index (κ1) is 17.2. The molecule has 0 aromatic heterocycles. The van der Waals surface area contributed by atoms with Crippen LogP contribution in [0.1, 0.15) is 58.3 Å². The average molecular weight is 336 g/mol. The number of fused-ring (bicyclic) bond motifs is 2. The van der Waals surface area contributed by atoms with Crippen LogP contribution in [0.25, 0.3) is 0 Å². The quantitative estimate of drug-likeness (QED) is 0.688. The largest absolute Gasteiger partial charge is 0.481 e. The fourth-order valence-electron chi connectivity index (χ4n) is 4.99. The first-order valence-electron chi connectivity index (χ1n) is 9.28. The molecule has 3 aliphatic carbocycles. The molecule has 3 rings (SSSR count). The van der Waals surface area contributed by atoms with Gasteiger partial charge in [0.05, 0.1) is 5.92 Å². The van der Waals surface area contributed by atoms with E-state index < -0.39 is 17.9 Å². The van der Waals surface area contributed by atoms with Gasteiger partial charge in [-0.2, -0.15) is 0 Å². The molecule has 3 saturated carbocycles. The van der Waals surface area contributed by atoms with Crippen molar-refractivity contribution in [3.63, 3.8) is 0 Å². The van der Waals surface area contributed by atoms with Crippen molar-refractivity contribution in [1.82, 2.24) is 10.6 Å². The molecule has 3 aliphatic rings. The van der Waals surface area contributed by atoms with Crippen molar-refractivity contribution in [3.8, 4) is 0 Å². The smallest absolute Gasteiger partial charge is 0.308 e. The van der Waals surface area contributed by atoms with E-state index in [0.717, 1.165) is 32.1 Å². The van der Waals surface area contributed by atoms with Crippen LogP contribution in [0.5, 0.6) is 0 Å². The van der Waals surface area contributed by atoms with Crippen molar-refractivity contribution < 1.29 is 19.5 Å². The number of hydrogen-bond acceptors (Lipinski definition) is 3. The van der Waals surface area contributed by atoms with Crippen molar-refractivity contribution >= 4 is 17.8 Å². The lowest BCUT2D eigenvalue weighted by Gasteiger charge is -2.30. The predicted octanol–water partition coefficient (Wildman–Crippen LogP) is 1.69. The lowest BCUT2D eigenvalue weighted by Crippen LogP contribution is -2.53. The van der Waals surface area contributed by atoms with Gasteiger partial charge in [0.2, 0.25) is 11.8 Å². The Balaban J connectivity index is 1.50. The zero-order valence-electron chi connectivity index (χ0n) is 14.3. The standard InChI is InChI=1S/C18H28N2O4/c1-10(19-14(21)8-11-4-2-3-5-11)17(22)20-16-13-7-6-12(9-13)15(16)18(23)24/h10-13,15-16H,2-9H2,1H3,(H,19,21)(H,20,22)(H,23,24). The van der Waals surface area contributed by atoms with Crippen LogP contribution in [0, 0.1) is 23.7 Å². The van der Waals surface area contributed by atoms with Gasteiger partial charge in [0.25, 0.3) is 0 Å². The summed E-state index contributed by atoms with van der Waals surface area (Å²) >= 11 is 0. The Morgan fingerprint density at radius 2 is 1.75 bits per heavy atom. The van der Waals surface area contributed by atoms with E-state index in [4.69, 9.17) is 0 Å². The van der Waals surface area contributed by atoms with Gasteiger partial charge in [-0.3, -0.25) is 14.4 Å². The fraction of sp³-hybridized carbons (Fsp3) is 0.833. The Kier molecular flexibility index (Phi) is 5.11. The monoisotopic (exact) mass is 336 g/mol. The van der Waals surface area contributed by atoms with Gasteiger partial charge < -0.3 is 15.7 Å². The Hall–Kier alpha value is -1.59. The highest BCUT2D eigenvalue weighted by atomic mass is 16.4. The summed E-state index contributed by atoms with van der Waals surface area (Å²) < 4.78 is 0. The third kappa shape index (κ3) is 3.57. The zero-order valence-corrected chi connectivity index (χ0v) is 14.3. The summed E-state index contributed by atoms with van der Waals surface area (Å²) in [5.74, 6) is -0.737. The molecule has 0 aromatic rings. The summed E-state index contributed by atoms with van der Waals surface area (Å²) in [5.41, 5.74) is 0. The van der Waals surface area contributed by atoms with E-state index in [2.05, 4.69) is 10.6 Å². The highest BCUT2D eigenvalue weighted by Crippen LogP contribution is 2.48. The molecule has 0 heterocycles. The van der Waals surface area contributed by atoms with Crippen LogP contribution in [0.2, 0.25) is 0 Å². The second kappa shape index (κ2) is 7.11. The molecule has 134 valence electrons. The van der Waals surface area contributed by atoms with Gasteiger partial charge in [0.15, 0.2) is 0 Å². The molecule has 6 heteroatoms. The van der Waals surface area contributed by atoms with Gasteiger partial charge in [0.1, 0.15) is 6.04 Å². The summed E-state index contributed by atoms with van der Waals surface area (Å²) in [5, 5.41) is 15.1. The Morgan fingerprint density at radius 1 is 1.08 bits per heavy atom. The summed E-state index contributed by atoms with van der Waals surface area (Å²) in [6.07, 6.45) is 7.89. The van der Waals surface area contributed by atoms with Gasteiger partial charge in [0, 0.05) is 12.5 Å². The Morgan fingerprint density at radius 3 is 2.42 bits per heavy atom. The van der Waals surface area contributed by atoms with Crippen LogP contribution in [-0.2, 0) is 14.4 Å². The molecule has 5 atom stereocenters. The number of aliphatic carboxylic acids is 1. The summed E-state index contributed by atoms with van der Waals surface area (Å²) in [6.45, 7) is 1.67. The molecule has 24 heavy (non-hydrogen) atoms. The van der Waals surface area contributed by atoms with Gasteiger partial charge in [-0.05, 0) is 56.8 Å². The summed E-state index contributed by atoms with van der Waals surface area (Å²) in [4.78, 5) is 36.0. The molecule has 0 saturated heterocycles. The van der Waals surface area contributed by atoms with E-state index in [0.29, 0.717) is 12.3 Å². The topological polar surface area (TPSA) is 95.5 Å². The van der Waals surface area contributed by atoms with Crippen LogP contribution < -0.4 is 10.6 Å². The first-order chi connectivity index (χ1) is 11.5. The summed E-state index contributed by atoms with van der Waals surface area (Å²) in [7, 11) is 0. The molecular weight excluding hydrogens is 308 g/mol. The number of carbonyl (C=O) groups is 3. The molecule has 2 amide bonds. The fourth-order valence-corrected chi connectivity index (χ4v) is 4.99. The number of carbonyl (C=O) groups excluding carboxylic acids is 2. The zero-order chi connectivity index (χ0) is 17.3. The van der Waals surface area contributed by atoms with Crippen molar-refractivity contribution in [3.05, 3.63) is 0 Å². The molecule has 3 fully saturated rings. The SMILES string of the molecule is CC(NC(=O)CC1CCCC1)C(=O)NC1C2CCC(C2)C1C(=O)O. The molecule has 5 unspecified atom stereocenters. The number of carboxylic acids is 1. The van der Waals surface area contributed by atoms with Crippen LogP contribution in [0.4, 0.5) is 0 Å². The molecule has 0 radical (unpaired) electrons. The van der Waals surface area contributed by atoms with E-state index in [1.165, 1.54) is 12.8 Å². The lowest BCUT2D eigenvalue weighted by molar-refractivity contribution is -0.145. The second-order valence-electron chi connectivity index (χ2n) is 7.88. The van der Waals surface area contributed by atoms with E-state index in [1.807, 2.05) is 0 Å². The van der Waals surface area contributed by atoms with Crippen molar-refractivity contribution in [2.75, 3.05) is 0 Å². The molecule has 0 aromatic carbocycles. The molecule has 2 bridgehead atoms. The molecule has 6 nitrogen and oxygen atoms in total. The average Bonchev–Trinajstić information content (AvgIpc) is 3.23. The number of nitrogens with one attached hydrogen (secondary N) is 2. The predicted molar refractivity (Wildman–Crippen MR) is 88.1 cm³/mol. The van der Waals surface area contributed by atoms with E-state index in [-0.39, 0.29) is 29.7 Å². The van der Waals surface area contributed by atoms with Gasteiger partial charge in [-0.25, -0.2) is 0 Å². The highest BCUT2D eigenvalue weighted by molar-refractivity contribution is 5.88. The maximum atomic E-state index is 12.4. The molecular formula is C18H28N2O4. The molecule has 0 spiro atoms. The maximum Gasteiger partial charge on any atom is 0.308 e. The minimum absolute atomic E-state index is 0.0766. The number of amides is 2. The Bertz CT molecular complexity index is 515. The highest BCUT2D eigenvalue weighted by Gasteiger charge is 2.51. The minimum atomic E-state index is -0.814. The third-order valence-corrected chi connectivity index (χ3v) is 6.23.